The van der Waals surface area contributed by atoms with Crippen LogP contribution in [0.4, 0.5) is 0 Å². The standard InChI is InChI=1S/C11H21BrO2/c1-9(2,3)14-8(13)10(4,5)11(6,7)12/h1-7H3. The molecular formula is C11H21BrO2. The number of carbonyl (C=O) groups is 1. The highest BCUT2D eigenvalue weighted by Crippen LogP contribution is 2.39. The van der Waals surface area contributed by atoms with Gasteiger partial charge < -0.3 is 4.74 Å². The van der Waals surface area contributed by atoms with E-state index in [4.69, 9.17) is 4.74 Å². The largest absolute Gasteiger partial charge is 0.460 e. The molecule has 2 nitrogen and oxygen atoms in total. The van der Waals surface area contributed by atoms with Crippen LogP contribution in [-0.4, -0.2) is 15.9 Å². The minimum atomic E-state index is -0.541. The van der Waals surface area contributed by atoms with Crippen LogP contribution < -0.4 is 0 Å². The number of rotatable bonds is 2. The van der Waals surface area contributed by atoms with Crippen molar-refractivity contribution in [3.63, 3.8) is 0 Å². The molecule has 0 aliphatic rings. The molecule has 0 aromatic heterocycles. The monoisotopic (exact) mass is 264 g/mol. The first-order chi connectivity index (χ1) is 5.88. The van der Waals surface area contributed by atoms with E-state index in [1.54, 1.807) is 0 Å². The van der Waals surface area contributed by atoms with Crippen molar-refractivity contribution in [1.29, 1.82) is 0 Å². The van der Waals surface area contributed by atoms with Gasteiger partial charge in [-0.3, -0.25) is 4.79 Å². The quantitative estimate of drug-likeness (QED) is 0.564. The summed E-state index contributed by atoms with van der Waals surface area (Å²) in [7, 11) is 0. The molecule has 84 valence electrons. The molecule has 0 aliphatic heterocycles. The Labute approximate surface area is 95.5 Å². The van der Waals surface area contributed by atoms with Crippen molar-refractivity contribution in [2.45, 2.75) is 58.4 Å². The molecular weight excluding hydrogens is 244 g/mol. The Morgan fingerprint density at radius 2 is 1.36 bits per heavy atom. The summed E-state index contributed by atoms with van der Waals surface area (Å²) in [4.78, 5) is 11.9. The lowest BCUT2D eigenvalue weighted by atomic mass is 9.81. The summed E-state index contributed by atoms with van der Waals surface area (Å²) in [6.45, 7) is 13.3. The lowest BCUT2D eigenvalue weighted by molar-refractivity contribution is -0.166. The Hall–Kier alpha value is -0.0500. The van der Waals surface area contributed by atoms with Crippen LogP contribution in [-0.2, 0) is 9.53 Å². The molecule has 0 rings (SSSR count). The van der Waals surface area contributed by atoms with Crippen molar-refractivity contribution >= 4 is 21.9 Å². The third-order valence-electron chi connectivity index (χ3n) is 2.40. The van der Waals surface area contributed by atoms with Crippen LogP contribution in [0.15, 0.2) is 0 Å². The molecule has 0 bridgehead atoms. The van der Waals surface area contributed by atoms with Gasteiger partial charge in [-0.2, -0.15) is 0 Å². The van der Waals surface area contributed by atoms with Gasteiger partial charge in [-0.1, -0.05) is 15.9 Å². The third kappa shape index (κ3) is 3.60. The summed E-state index contributed by atoms with van der Waals surface area (Å²) in [6, 6.07) is 0. The third-order valence-corrected chi connectivity index (χ3v) is 3.39. The molecule has 0 aliphatic carbocycles. The normalized spacial score (nSPS) is 14.0. The number of alkyl halides is 1. The molecule has 0 N–H and O–H groups in total. The van der Waals surface area contributed by atoms with E-state index in [-0.39, 0.29) is 10.3 Å². The fourth-order valence-electron chi connectivity index (χ4n) is 0.648. The highest BCUT2D eigenvalue weighted by Gasteiger charge is 2.44. The Morgan fingerprint density at radius 1 is 1.00 bits per heavy atom. The van der Waals surface area contributed by atoms with Crippen LogP contribution in [0.5, 0.6) is 0 Å². The first-order valence-electron chi connectivity index (χ1n) is 4.80. The van der Waals surface area contributed by atoms with Gasteiger partial charge in [-0.15, -0.1) is 0 Å². The Bertz CT molecular complexity index is 218. The fourth-order valence-corrected chi connectivity index (χ4v) is 0.810. The van der Waals surface area contributed by atoms with Crippen molar-refractivity contribution in [1.82, 2.24) is 0 Å². The molecule has 0 saturated heterocycles. The summed E-state index contributed by atoms with van der Waals surface area (Å²) in [5.74, 6) is -0.174. The van der Waals surface area contributed by atoms with Crippen LogP contribution in [0, 0.1) is 5.41 Å². The van der Waals surface area contributed by atoms with Crippen LogP contribution in [0.25, 0.3) is 0 Å². The smallest absolute Gasteiger partial charge is 0.313 e. The van der Waals surface area contributed by atoms with Gasteiger partial charge >= 0.3 is 5.97 Å². The van der Waals surface area contributed by atoms with Crippen molar-refractivity contribution in [3.8, 4) is 0 Å². The van der Waals surface area contributed by atoms with Crippen molar-refractivity contribution < 1.29 is 9.53 Å². The topological polar surface area (TPSA) is 26.3 Å². The van der Waals surface area contributed by atoms with Crippen molar-refractivity contribution in [2.75, 3.05) is 0 Å². The van der Waals surface area contributed by atoms with Gasteiger partial charge in [0.2, 0.25) is 0 Å². The van der Waals surface area contributed by atoms with E-state index in [0.29, 0.717) is 0 Å². The molecule has 0 atom stereocenters. The van der Waals surface area contributed by atoms with Gasteiger partial charge in [-0.25, -0.2) is 0 Å². The van der Waals surface area contributed by atoms with E-state index in [1.165, 1.54) is 0 Å². The van der Waals surface area contributed by atoms with Crippen LogP contribution in [0.3, 0.4) is 0 Å². The molecule has 0 saturated carbocycles. The predicted octanol–water partition coefficient (Wildman–Crippen LogP) is 3.53. The van der Waals surface area contributed by atoms with Crippen molar-refractivity contribution in [3.05, 3.63) is 0 Å². The Balaban J connectivity index is 4.70. The molecule has 0 aromatic rings. The number of hydrogen-bond acceptors (Lipinski definition) is 2. The van der Waals surface area contributed by atoms with Crippen LogP contribution in [0.2, 0.25) is 0 Å². The summed E-state index contributed by atoms with van der Waals surface area (Å²) >= 11 is 3.51. The van der Waals surface area contributed by atoms with Gasteiger partial charge in [0.05, 0.1) is 5.41 Å². The van der Waals surface area contributed by atoms with E-state index in [2.05, 4.69) is 15.9 Å². The maximum atomic E-state index is 11.9. The van der Waals surface area contributed by atoms with Gasteiger partial charge in [0, 0.05) is 4.32 Å². The SMILES string of the molecule is CC(C)(C)OC(=O)C(C)(C)C(C)(C)Br. The maximum Gasteiger partial charge on any atom is 0.313 e. The Morgan fingerprint density at radius 3 is 1.57 bits per heavy atom. The molecule has 0 heterocycles. The predicted molar refractivity (Wildman–Crippen MR) is 62.6 cm³/mol. The zero-order valence-electron chi connectivity index (χ0n) is 10.2. The molecule has 0 unspecified atom stereocenters. The molecule has 14 heavy (non-hydrogen) atoms. The van der Waals surface area contributed by atoms with E-state index in [0.717, 1.165) is 0 Å². The average Bonchev–Trinajstić information content (AvgIpc) is 1.80. The first kappa shape index (κ1) is 13.9. The Kier molecular flexibility index (Phi) is 3.82. The number of carbonyl (C=O) groups excluding carboxylic acids is 1. The lowest BCUT2D eigenvalue weighted by Crippen LogP contribution is -2.44. The average molecular weight is 265 g/mol. The second-order valence-electron chi connectivity index (χ2n) is 5.60. The van der Waals surface area contributed by atoms with Crippen LogP contribution >= 0.6 is 15.9 Å². The molecule has 0 aromatic carbocycles. The van der Waals surface area contributed by atoms with Gasteiger partial charge in [0.1, 0.15) is 5.60 Å². The summed E-state index contributed by atoms with van der Waals surface area (Å²) in [5.41, 5.74) is -0.965. The second kappa shape index (κ2) is 3.84. The van der Waals surface area contributed by atoms with Gasteiger partial charge in [-0.05, 0) is 48.5 Å². The molecule has 0 radical (unpaired) electrons. The summed E-state index contributed by atoms with van der Waals surface area (Å²) < 4.78 is 5.08. The lowest BCUT2D eigenvalue weighted by Gasteiger charge is -2.36. The van der Waals surface area contributed by atoms with Gasteiger partial charge in [0.15, 0.2) is 0 Å². The number of ether oxygens (including phenoxy) is 1. The first-order valence-corrected chi connectivity index (χ1v) is 5.59. The van der Waals surface area contributed by atoms with E-state index in [9.17, 15) is 4.79 Å². The van der Waals surface area contributed by atoms with Crippen LogP contribution in [0.1, 0.15) is 48.5 Å². The zero-order chi connectivity index (χ0) is 11.8. The number of hydrogen-bond donors (Lipinski definition) is 0. The fraction of sp³-hybridized carbons (Fsp3) is 0.909. The minimum Gasteiger partial charge on any atom is -0.460 e. The molecule has 0 spiro atoms. The van der Waals surface area contributed by atoms with E-state index >= 15 is 0 Å². The van der Waals surface area contributed by atoms with E-state index in [1.807, 2.05) is 48.5 Å². The molecule has 0 amide bonds. The highest BCUT2D eigenvalue weighted by molar-refractivity contribution is 9.10. The molecule has 0 fully saturated rings. The second-order valence-corrected chi connectivity index (χ2v) is 7.58. The highest BCUT2D eigenvalue weighted by atomic mass is 79.9. The van der Waals surface area contributed by atoms with Crippen molar-refractivity contribution in [2.24, 2.45) is 5.41 Å². The summed E-state index contributed by atoms with van der Waals surface area (Å²) in [5, 5.41) is 0. The maximum absolute atomic E-state index is 11.9. The molecule has 3 heteroatoms. The van der Waals surface area contributed by atoms with Gasteiger partial charge in [0.25, 0.3) is 0 Å². The minimum absolute atomic E-state index is 0.174. The summed E-state index contributed by atoms with van der Waals surface area (Å²) in [6.07, 6.45) is 0. The zero-order valence-corrected chi connectivity index (χ0v) is 11.8. The van der Waals surface area contributed by atoms with E-state index < -0.39 is 11.0 Å². The number of halogens is 1. The number of esters is 1.